The van der Waals surface area contributed by atoms with Crippen molar-refractivity contribution in [1.82, 2.24) is 20.5 Å². The summed E-state index contributed by atoms with van der Waals surface area (Å²) in [5.74, 6) is -2.23. The summed E-state index contributed by atoms with van der Waals surface area (Å²) in [5, 5.41) is 10.4. The highest BCUT2D eigenvalue weighted by molar-refractivity contribution is 5.96. The number of H-pyrrole nitrogens is 1. The van der Waals surface area contributed by atoms with E-state index in [0.717, 1.165) is 0 Å². The molecule has 2 rings (SSSR count). The van der Waals surface area contributed by atoms with E-state index in [1.807, 2.05) is 0 Å². The van der Waals surface area contributed by atoms with Crippen LogP contribution in [0.4, 0.5) is 19.1 Å². The second-order valence-electron chi connectivity index (χ2n) is 4.41. The molecule has 1 aliphatic heterocycles. The lowest BCUT2D eigenvalue weighted by Gasteiger charge is -2.34. The Bertz CT molecular complexity index is 481. The molecule has 0 bridgehead atoms. The molecule has 0 unspecified atom stereocenters. The molecule has 7 nitrogen and oxygen atoms in total. The van der Waals surface area contributed by atoms with E-state index >= 15 is 0 Å². The molecule has 1 saturated heterocycles. The number of carbonyl (C=O) groups excluding carboxylic acids is 1. The van der Waals surface area contributed by atoms with Crippen LogP contribution in [0.5, 0.6) is 0 Å². The molecular weight excluding hydrogens is 279 g/mol. The van der Waals surface area contributed by atoms with E-state index in [9.17, 15) is 18.0 Å². The van der Waals surface area contributed by atoms with Gasteiger partial charge in [0.2, 0.25) is 11.8 Å². The number of nitrogens with zero attached hydrogens (tertiary/aromatic N) is 2. The quantitative estimate of drug-likeness (QED) is 0.756. The lowest BCUT2D eigenvalue weighted by molar-refractivity contribution is -0.145. The molecule has 1 fully saturated rings. The van der Waals surface area contributed by atoms with Crippen LogP contribution in [0.1, 0.15) is 18.7 Å². The third-order valence-electron chi connectivity index (χ3n) is 3.20. The fourth-order valence-electron chi connectivity index (χ4n) is 2.01. The van der Waals surface area contributed by atoms with E-state index < -0.39 is 29.5 Å². The van der Waals surface area contributed by atoms with Crippen molar-refractivity contribution < 1.29 is 22.7 Å². The zero-order valence-corrected chi connectivity index (χ0v) is 10.7. The number of aromatic amines is 1. The summed E-state index contributed by atoms with van der Waals surface area (Å²) in [6.07, 6.45) is -3.79. The molecule has 1 aromatic rings. The summed E-state index contributed by atoms with van der Waals surface area (Å²) in [4.78, 5) is 15.3. The van der Waals surface area contributed by atoms with Crippen LogP contribution in [0.25, 0.3) is 0 Å². The molecule has 10 heteroatoms. The Morgan fingerprint density at radius 1 is 1.40 bits per heavy atom. The van der Waals surface area contributed by atoms with Crippen LogP contribution in [0.3, 0.4) is 0 Å². The Morgan fingerprint density at radius 2 is 2.05 bits per heavy atom. The second kappa shape index (κ2) is 5.37. The molecule has 20 heavy (non-hydrogen) atoms. The third kappa shape index (κ3) is 2.90. The van der Waals surface area contributed by atoms with Crippen molar-refractivity contribution in [1.29, 1.82) is 0 Å². The lowest BCUT2D eigenvalue weighted by atomic mass is 9.91. The first-order valence-corrected chi connectivity index (χ1v) is 5.94. The maximum absolute atomic E-state index is 12.4. The van der Waals surface area contributed by atoms with Gasteiger partial charge in [0.05, 0.1) is 0 Å². The van der Waals surface area contributed by atoms with Gasteiger partial charge in [-0.2, -0.15) is 18.2 Å². The molecule has 1 aromatic heterocycles. The third-order valence-corrected chi connectivity index (χ3v) is 3.20. The van der Waals surface area contributed by atoms with Gasteiger partial charge in [-0.3, -0.25) is 15.2 Å². The first kappa shape index (κ1) is 14.7. The van der Waals surface area contributed by atoms with E-state index in [2.05, 4.69) is 20.7 Å². The van der Waals surface area contributed by atoms with Gasteiger partial charge < -0.3 is 10.1 Å². The average Bonchev–Trinajstić information content (AvgIpc) is 2.88. The van der Waals surface area contributed by atoms with E-state index in [1.165, 1.54) is 7.11 Å². The highest BCUT2D eigenvalue weighted by atomic mass is 19.4. The minimum atomic E-state index is -4.64. The van der Waals surface area contributed by atoms with Gasteiger partial charge in [0, 0.05) is 7.11 Å². The molecule has 0 aromatic carbocycles. The fraction of sp³-hybridized carbons (Fsp3) is 0.700. The summed E-state index contributed by atoms with van der Waals surface area (Å²) in [7, 11) is 1.39. The second-order valence-corrected chi connectivity index (χ2v) is 4.41. The number of halogens is 3. The standard InChI is InChI=1S/C10H14F3N5O2/c1-20-9(2-4-14-5-3-9)7(19)16-8-15-6(17-18-8)10(11,12)13/h14H,2-5H2,1H3,(H2,15,16,17,18,19). The predicted octanol–water partition coefficient (Wildman–Crippen LogP) is 0.531. The van der Waals surface area contributed by atoms with E-state index in [1.54, 1.807) is 5.10 Å². The van der Waals surface area contributed by atoms with Gasteiger partial charge in [0.15, 0.2) is 0 Å². The summed E-state index contributed by atoms with van der Waals surface area (Å²) >= 11 is 0. The van der Waals surface area contributed by atoms with Gasteiger partial charge in [0.1, 0.15) is 5.60 Å². The van der Waals surface area contributed by atoms with Crippen LogP contribution >= 0.6 is 0 Å². The van der Waals surface area contributed by atoms with Gasteiger partial charge in [-0.15, -0.1) is 5.10 Å². The molecule has 3 N–H and O–H groups in total. The molecule has 2 heterocycles. The zero-order chi connectivity index (χ0) is 14.8. The number of ether oxygens (including phenoxy) is 1. The van der Waals surface area contributed by atoms with Gasteiger partial charge >= 0.3 is 6.18 Å². The molecule has 1 amide bonds. The minimum absolute atomic E-state index is 0.419. The first-order chi connectivity index (χ1) is 9.37. The number of amides is 1. The maximum Gasteiger partial charge on any atom is 0.451 e. The molecule has 0 spiro atoms. The monoisotopic (exact) mass is 293 g/mol. The molecule has 0 aliphatic carbocycles. The van der Waals surface area contributed by atoms with Crippen LogP contribution in [0, 0.1) is 0 Å². The van der Waals surface area contributed by atoms with Gasteiger partial charge in [-0.25, -0.2) is 0 Å². The van der Waals surface area contributed by atoms with Crippen LogP contribution < -0.4 is 10.6 Å². The van der Waals surface area contributed by atoms with Crippen molar-refractivity contribution in [3.8, 4) is 0 Å². The highest BCUT2D eigenvalue weighted by Gasteiger charge is 2.41. The average molecular weight is 293 g/mol. The van der Waals surface area contributed by atoms with Crippen molar-refractivity contribution in [2.24, 2.45) is 0 Å². The molecule has 0 atom stereocenters. The Balaban J connectivity index is 2.09. The Morgan fingerprint density at radius 3 is 2.55 bits per heavy atom. The van der Waals surface area contributed by atoms with Crippen LogP contribution in [-0.4, -0.2) is 46.9 Å². The number of aromatic nitrogens is 3. The van der Waals surface area contributed by atoms with Crippen LogP contribution in [-0.2, 0) is 15.7 Å². The summed E-state index contributed by atoms with van der Waals surface area (Å²) in [6, 6.07) is 0. The molecule has 1 aliphatic rings. The number of carbonyl (C=O) groups is 1. The first-order valence-electron chi connectivity index (χ1n) is 5.94. The number of hydrogen-bond acceptors (Lipinski definition) is 5. The van der Waals surface area contributed by atoms with E-state index in [0.29, 0.717) is 25.9 Å². The molecular formula is C10H14F3N5O2. The van der Waals surface area contributed by atoms with Crippen molar-refractivity contribution in [2.45, 2.75) is 24.6 Å². The van der Waals surface area contributed by atoms with Crippen LogP contribution in [0.2, 0.25) is 0 Å². The van der Waals surface area contributed by atoms with E-state index in [-0.39, 0.29) is 0 Å². The highest BCUT2D eigenvalue weighted by Crippen LogP contribution is 2.27. The van der Waals surface area contributed by atoms with Gasteiger partial charge in [-0.1, -0.05) is 0 Å². The number of anilines is 1. The molecule has 0 saturated carbocycles. The van der Waals surface area contributed by atoms with Crippen molar-refractivity contribution >= 4 is 11.9 Å². The van der Waals surface area contributed by atoms with Gasteiger partial charge in [0.25, 0.3) is 5.91 Å². The summed E-state index contributed by atoms with van der Waals surface area (Å²) in [5.41, 5.74) is -1.07. The zero-order valence-electron chi connectivity index (χ0n) is 10.7. The van der Waals surface area contributed by atoms with Crippen molar-refractivity contribution in [3.63, 3.8) is 0 Å². The Labute approximate surface area is 112 Å². The number of piperidine rings is 1. The van der Waals surface area contributed by atoms with Crippen LogP contribution in [0.15, 0.2) is 0 Å². The number of hydrogen-bond donors (Lipinski definition) is 3. The topological polar surface area (TPSA) is 91.9 Å². The summed E-state index contributed by atoms with van der Waals surface area (Å²) < 4.78 is 42.3. The maximum atomic E-state index is 12.4. The SMILES string of the molecule is COC1(C(=O)Nc2n[nH]c(C(F)(F)F)n2)CCNCC1. The molecule has 0 radical (unpaired) electrons. The number of alkyl halides is 3. The predicted molar refractivity (Wildman–Crippen MR) is 61.9 cm³/mol. The fourth-order valence-corrected chi connectivity index (χ4v) is 2.01. The Kier molecular flexibility index (Phi) is 3.95. The van der Waals surface area contributed by atoms with Crippen molar-refractivity contribution in [2.75, 3.05) is 25.5 Å². The number of methoxy groups -OCH3 is 1. The Hall–Kier alpha value is -1.68. The smallest absolute Gasteiger partial charge is 0.368 e. The van der Waals surface area contributed by atoms with Crippen molar-refractivity contribution in [3.05, 3.63) is 5.82 Å². The molecule has 112 valence electrons. The van der Waals surface area contributed by atoms with Gasteiger partial charge in [-0.05, 0) is 25.9 Å². The minimum Gasteiger partial charge on any atom is -0.368 e. The number of nitrogens with one attached hydrogen (secondary N) is 3. The largest absolute Gasteiger partial charge is 0.451 e. The summed E-state index contributed by atoms with van der Waals surface area (Å²) in [6.45, 7) is 1.17. The lowest BCUT2D eigenvalue weighted by Crippen LogP contribution is -2.51. The van der Waals surface area contributed by atoms with E-state index in [4.69, 9.17) is 4.74 Å². The normalized spacial score (nSPS) is 18.8. The number of rotatable bonds is 3.